The molecule has 7 heteroatoms. The van der Waals surface area contributed by atoms with E-state index >= 15 is 0 Å². The molecule has 1 amide bonds. The molecule has 5 rings (SSSR count). The average Bonchev–Trinajstić information content (AvgIpc) is 3.45. The van der Waals surface area contributed by atoms with Crippen LogP contribution in [0.4, 0.5) is 0 Å². The van der Waals surface area contributed by atoms with Crippen LogP contribution in [-0.2, 0) is 6.54 Å². The van der Waals surface area contributed by atoms with Crippen LogP contribution in [-0.4, -0.2) is 20.4 Å². The summed E-state index contributed by atoms with van der Waals surface area (Å²) < 4.78 is 2.01. The van der Waals surface area contributed by atoms with Crippen LogP contribution in [0.3, 0.4) is 0 Å². The summed E-state index contributed by atoms with van der Waals surface area (Å²) >= 11 is 2.79. The summed E-state index contributed by atoms with van der Waals surface area (Å²) in [6, 6.07) is 18.3. The maximum absolute atomic E-state index is 12.8. The third kappa shape index (κ3) is 3.72. The van der Waals surface area contributed by atoms with Gasteiger partial charge in [0.15, 0.2) is 4.80 Å². The van der Waals surface area contributed by atoms with E-state index in [4.69, 9.17) is 0 Å². The smallest absolute Gasteiger partial charge is 0.291 e. The number of carbonyl (C=O) groups excluding carboxylic acids is 1. The fourth-order valence-corrected chi connectivity index (χ4v) is 4.80. The predicted molar refractivity (Wildman–Crippen MR) is 121 cm³/mol. The quantitative estimate of drug-likeness (QED) is 0.404. The first-order valence-corrected chi connectivity index (χ1v) is 11.0. The highest BCUT2D eigenvalue weighted by molar-refractivity contribution is 7.17. The molecule has 5 nitrogen and oxygen atoms in total. The number of fused-ring (bicyclic) bond motifs is 1. The lowest BCUT2D eigenvalue weighted by atomic mass is 10.0. The number of pyridine rings is 1. The summed E-state index contributed by atoms with van der Waals surface area (Å²) in [5.74, 6) is -0.276. The zero-order valence-electron chi connectivity index (χ0n) is 15.8. The molecule has 0 aliphatic carbocycles. The van der Waals surface area contributed by atoms with Crippen molar-refractivity contribution in [1.29, 1.82) is 0 Å². The lowest BCUT2D eigenvalue weighted by Gasteiger charge is -2.07. The molecule has 0 aliphatic rings. The minimum Gasteiger partial charge on any atom is -0.319 e. The highest BCUT2D eigenvalue weighted by Gasteiger charge is 2.12. The lowest BCUT2D eigenvalue weighted by Crippen LogP contribution is -2.17. The Kier molecular flexibility index (Phi) is 5.04. The molecule has 0 bridgehead atoms. The van der Waals surface area contributed by atoms with Gasteiger partial charge in [0.1, 0.15) is 9.88 Å². The van der Waals surface area contributed by atoms with Gasteiger partial charge < -0.3 is 4.57 Å². The van der Waals surface area contributed by atoms with Gasteiger partial charge in [0, 0.05) is 29.5 Å². The standard InChI is InChI=1S/C23H16N4OS2/c28-21(20-14-25-22(30-20)17-8-10-24-11-9-17)26-23-27(12-13-29-23)15-18-6-3-5-16-4-1-2-7-19(16)18/h1-14H,15H2. The fraction of sp³-hybridized carbons (Fsp3) is 0.0435. The zero-order valence-corrected chi connectivity index (χ0v) is 17.4. The van der Waals surface area contributed by atoms with E-state index in [1.54, 1.807) is 18.6 Å². The summed E-state index contributed by atoms with van der Waals surface area (Å²) in [6.45, 7) is 0.655. The summed E-state index contributed by atoms with van der Waals surface area (Å²) in [5, 5.41) is 5.15. The number of benzene rings is 2. The van der Waals surface area contributed by atoms with Gasteiger partial charge >= 0.3 is 0 Å². The normalized spacial score (nSPS) is 11.8. The highest BCUT2D eigenvalue weighted by Crippen LogP contribution is 2.25. The molecular formula is C23H16N4OS2. The molecule has 0 radical (unpaired) electrons. The van der Waals surface area contributed by atoms with Crippen molar-refractivity contribution in [1.82, 2.24) is 14.5 Å². The molecule has 0 saturated carbocycles. The number of hydrogen-bond acceptors (Lipinski definition) is 5. The van der Waals surface area contributed by atoms with Gasteiger partial charge in [-0.25, -0.2) is 4.98 Å². The van der Waals surface area contributed by atoms with Crippen LogP contribution in [0.1, 0.15) is 15.2 Å². The zero-order chi connectivity index (χ0) is 20.3. The van der Waals surface area contributed by atoms with Crippen LogP contribution in [0.2, 0.25) is 0 Å². The van der Waals surface area contributed by atoms with Gasteiger partial charge in [0.25, 0.3) is 5.91 Å². The van der Waals surface area contributed by atoms with E-state index in [2.05, 4.69) is 45.3 Å². The minimum atomic E-state index is -0.276. The Morgan fingerprint density at radius 3 is 2.77 bits per heavy atom. The van der Waals surface area contributed by atoms with Gasteiger partial charge in [0.05, 0.1) is 12.7 Å². The highest BCUT2D eigenvalue weighted by atomic mass is 32.1. The van der Waals surface area contributed by atoms with Crippen LogP contribution in [0.5, 0.6) is 0 Å². The molecule has 3 heterocycles. The van der Waals surface area contributed by atoms with E-state index < -0.39 is 0 Å². The summed E-state index contributed by atoms with van der Waals surface area (Å²) in [4.78, 5) is 26.7. The van der Waals surface area contributed by atoms with Crippen LogP contribution in [0, 0.1) is 0 Å². The number of hydrogen-bond donors (Lipinski definition) is 0. The van der Waals surface area contributed by atoms with E-state index in [1.807, 2.05) is 40.4 Å². The van der Waals surface area contributed by atoms with Crippen molar-refractivity contribution < 1.29 is 4.79 Å². The third-order valence-electron chi connectivity index (χ3n) is 4.72. The molecule has 0 fully saturated rings. The maximum Gasteiger partial charge on any atom is 0.291 e. The summed E-state index contributed by atoms with van der Waals surface area (Å²) in [5.41, 5.74) is 2.13. The number of thiazole rings is 2. The van der Waals surface area contributed by atoms with E-state index in [0.717, 1.165) is 10.6 Å². The van der Waals surface area contributed by atoms with Crippen molar-refractivity contribution in [2.24, 2.45) is 4.99 Å². The van der Waals surface area contributed by atoms with Crippen molar-refractivity contribution in [3.63, 3.8) is 0 Å². The first-order valence-electron chi connectivity index (χ1n) is 9.34. The van der Waals surface area contributed by atoms with Crippen molar-refractivity contribution >= 4 is 39.4 Å². The molecule has 0 unspecified atom stereocenters. The molecule has 2 aromatic carbocycles. The van der Waals surface area contributed by atoms with Crippen LogP contribution < -0.4 is 4.80 Å². The first-order chi connectivity index (χ1) is 14.8. The van der Waals surface area contributed by atoms with Gasteiger partial charge in [-0.3, -0.25) is 9.78 Å². The second kappa shape index (κ2) is 8.14. The Morgan fingerprint density at radius 1 is 1.03 bits per heavy atom. The van der Waals surface area contributed by atoms with Crippen LogP contribution in [0.15, 0.2) is 89.8 Å². The Bertz CT molecular complexity index is 1390. The van der Waals surface area contributed by atoms with Gasteiger partial charge in [-0.05, 0) is 28.5 Å². The lowest BCUT2D eigenvalue weighted by molar-refractivity contribution is 0.100. The maximum atomic E-state index is 12.8. The molecule has 0 aliphatic heterocycles. The van der Waals surface area contributed by atoms with Crippen LogP contribution in [0.25, 0.3) is 21.3 Å². The van der Waals surface area contributed by atoms with E-state index in [9.17, 15) is 4.79 Å². The van der Waals surface area contributed by atoms with Gasteiger partial charge in [0.2, 0.25) is 0 Å². The van der Waals surface area contributed by atoms with E-state index in [-0.39, 0.29) is 5.91 Å². The van der Waals surface area contributed by atoms with Crippen molar-refractivity contribution in [3.8, 4) is 10.6 Å². The summed E-state index contributed by atoms with van der Waals surface area (Å²) in [7, 11) is 0. The Hall–Kier alpha value is -3.42. The Labute approximate surface area is 180 Å². The second-order valence-electron chi connectivity index (χ2n) is 6.63. The molecule has 146 valence electrons. The molecule has 0 saturated heterocycles. The Balaban J connectivity index is 1.44. The number of carbonyl (C=O) groups is 1. The Morgan fingerprint density at radius 2 is 1.87 bits per heavy atom. The summed E-state index contributed by atoms with van der Waals surface area (Å²) in [6.07, 6.45) is 6.98. The van der Waals surface area contributed by atoms with Crippen molar-refractivity contribution in [2.75, 3.05) is 0 Å². The molecule has 0 atom stereocenters. The van der Waals surface area contributed by atoms with E-state index in [0.29, 0.717) is 16.2 Å². The number of amides is 1. The SMILES string of the molecule is O=C(N=c1sccn1Cc1cccc2ccccc12)c1cnc(-c2ccncc2)s1. The number of aromatic nitrogens is 3. The molecule has 3 aromatic heterocycles. The molecular weight excluding hydrogens is 412 g/mol. The van der Waals surface area contributed by atoms with Crippen molar-refractivity contribution in [2.45, 2.75) is 6.54 Å². The molecule has 5 aromatic rings. The van der Waals surface area contributed by atoms with Gasteiger partial charge in [-0.2, -0.15) is 4.99 Å². The van der Waals surface area contributed by atoms with Gasteiger partial charge in [-0.1, -0.05) is 42.5 Å². The number of rotatable bonds is 4. The largest absolute Gasteiger partial charge is 0.319 e. The monoisotopic (exact) mass is 428 g/mol. The second-order valence-corrected chi connectivity index (χ2v) is 8.54. The van der Waals surface area contributed by atoms with Crippen LogP contribution >= 0.6 is 22.7 Å². The number of nitrogens with zero attached hydrogens (tertiary/aromatic N) is 4. The molecule has 0 spiro atoms. The van der Waals surface area contributed by atoms with Gasteiger partial charge in [-0.15, -0.1) is 22.7 Å². The first kappa shape index (κ1) is 18.6. The third-order valence-corrected chi connectivity index (χ3v) is 6.55. The minimum absolute atomic E-state index is 0.276. The predicted octanol–water partition coefficient (Wildman–Crippen LogP) is 5.01. The van der Waals surface area contributed by atoms with Crippen molar-refractivity contribution in [3.05, 3.63) is 100 Å². The van der Waals surface area contributed by atoms with E-state index in [1.165, 1.54) is 39.0 Å². The topological polar surface area (TPSA) is 60.1 Å². The average molecular weight is 429 g/mol. The fourth-order valence-electron chi connectivity index (χ4n) is 3.26. The molecule has 30 heavy (non-hydrogen) atoms. The molecule has 0 N–H and O–H groups in total.